The molecule has 2 heteroatoms. The zero-order valence-corrected chi connectivity index (χ0v) is 5.89. The van der Waals surface area contributed by atoms with Crippen molar-refractivity contribution in [3.8, 4) is 0 Å². The number of hydrogen-bond donors (Lipinski definition) is 0. The van der Waals surface area contributed by atoms with Crippen LogP contribution in [0.15, 0.2) is 5.10 Å². The zero-order chi connectivity index (χ0) is 6.41. The summed E-state index contributed by atoms with van der Waals surface area (Å²) in [5.41, 5.74) is 0. The molecule has 0 amide bonds. The Morgan fingerprint density at radius 2 is 2.12 bits per heavy atom. The molecule has 48 valence electrons. The molecular weight excluding hydrogens is 100 g/mol. The highest BCUT2D eigenvalue weighted by molar-refractivity contribution is 5.55. The normalized spacial score (nSPS) is 10.4. The summed E-state index contributed by atoms with van der Waals surface area (Å²) < 4.78 is 0. The maximum absolute atomic E-state index is 4.07. The van der Waals surface area contributed by atoms with Gasteiger partial charge in [-0.25, -0.2) is 0 Å². The molecule has 0 fully saturated rings. The maximum Gasteiger partial charge on any atom is 0.0328 e. The van der Waals surface area contributed by atoms with Gasteiger partial charge in [0, 0.05) is 19.8 Å². The molecule has 0 aliphatic rings. The molecule has 0 aliphatic carbocycles. The highest BCUT2D eigenvalue weighted by Crippen LogP contribution is 1.79. The van der Waals surface area contributed by atoms with Gasteiger partial charge in [0.05, 0.1) is 0 Å². The first-order chi connectivity index (χ1) is 3.81. The third-order valence-corrected chi connectivity index (χ3v) is 0.919. The molecule has 0 spiro atoms. The average Bonchev–Trinajstić information content (AvgIpc) is 1.83. The second-order valence-electron chi connectivity index (χ2n) is 1.68. The van der Waals surface area contributed by atoms with Gasteiger partial charge in [-0.3, -0.25) is 0 Å². The smallest absolute Gasteiger partial charge is 0.0328 e. The Labute approximate surface area is 51.2 Å². The standard InChI is InChI=1S/C6H14N2/c1-4-6-7-8(3)5-2/h6H,4-5H2,1-3H3/b7-6-. The van der Waals surface area contributed by atoms with E-state index in [1.165, 1.54) is 0 Å². The molecule has 0 aromatic heterocycles. The Morgan fingerprint density at radius 1 is 1.50 bits per heavy atom. The van der Waals surface area contributed by atoms with Crippen molar-refractivity contribution < 1.29 is 0 Å². The first-order valence-corrected chi connectivity index (χ1v) is 3.04. The zero-order valence-electron chi connectivity index (χ0n) is 5.89. The summed E-state index contributed by atoms with van der Waals surface area (Å²) in [6, 6.07) is 0. The van der Waals surface area contributed by atoms with Crippen LogP contribution >= 0.6 is 0 Å². The Hall–Kier alpha value is -0.530. The minimum Gasteiger partial charge on any atom is -0.301 e. The summed E-state index contributed by atoms with van der Waals surface area (Å²) in [4.78, 5) is 0. The van der Waals surface area contributed by atoms with E-state index in [0.29, 0.717) is 0 Å². The second kappa shape index (κ2) is 4.62. The fourth-order valence-electron chi connectivity index (χ4n) is 0.303. The second-order valence-corrected chi connectivity index (χ2v) is 1.68. The van der Waals surface area contributed by atoms with Crippen molar-refractivity contribution in [2.24, 2.45) is 5.10 Å². The Bertz CT molecular complexity index is 68.9. The molecule has 0 N–H and O–H groups in total. The number of rotatable bonds is 3. The van der Waals surface area contributed by atoms with Gasteiger partial charge in [-0.15, -0.1) is 0 Å². The van der Waals surface area contributed by atoms with Crippen molar-refractivity contribution in [1.82, 2.24) is 5.01 Å². The Kier molecular flexibility index (Phi) is 4.32. The van der Waals surface area contributed by atoms with Crippen LogP contribution in [0.3, 0.4) is 0 Å². The van der Waals surface area contributed by atoms with Crippen molar-refractivity contribution in [1.29, 1.82) is 0 Å². The van der Waals surface area contributed by atoms with Crippen LogP contribution in [0.4, 0.5) is 0 Å². The largest absolute Gasteiger partial charge is 0.301 e. The molecule has 0 aromatic carbocycles. The van der Waals surface area contributed by atoms with Gasteiger partial charge in [-0.05, 0) is 13.3 Å². The number of nitrogens with zero attached hydrogens (tertiary/aromatic N) is 2. The molecule has 0 saturated carbocycles. The van der Waals surface area contributed by atoms with Gasteiger partial charge in [-0.1, -0.05) is 6.92 Å². The molecule has 0 bridgehead atoms. The first kappa shape index (κ1) is 7.47. The summed E-state index contributed by atoms with van der Waals surface area (Å²) in [5, 5.41) is 5.98. The fourth-order valence-corrected chi connectivity index (χ4v) is 0.303. The van der Waals surface area contributed by atoms with Gasteiger partial charge in [-0.2, -0.15) is 5.10 Å². The van der Waals surface area contributed by atoms with Crippen LogP contribution in [0.2, 0.25) is 0 Å². The lowest BCUT2D eigenvalue weighted by molar-refractivity contribution is 0.376. The highest BCUT2D eigenvalue weighted by atomic mass is 15.4. The van der Waals surface area contributed by atoms with E-state index in [-0.39, 0.29) is 0 Å². The molecule has 0 saturated heterocycles. The molecule has 0 aliphatic heterocycles. The van der Waals surface area contributed by atoms with E-state index in [0.717, 1.165) is 13.0 Å². The van der Waals surface area contributed by atoms with Gasteiger partial charge in [0.15, 0.2) is 0 Å². The lowest BCUT2D eigenvalue weighted by Crippen LogP contribution is -2.08. The van der Waals surface area contributed by atoms with Crippen LogP contribution in [0.1, 0.15) is 20.3 Å². The lowest BCUT2D eigenvalue weighted by atomic mass is 10.5. The van der Waals surface area contributed by atoms with Crippen molar-refractivity contribution in [2.75, 3.05) is 13.6 Å². The van der Waals surface area contributed by atoms with Gasteiger partial charge < -0.3 is 5.01 Å². The quantitative estimate of drug-likeness (QED) is 0.399. The van der Waals surface area contributed by atoms with Gasteiger partial charge in [0.1, 0.15) is 0 Å². The van der Waals surface area contributed by atoms with E-state index in [1.807, 2.05) is 18.3 Å². The average molecular weight is 114 g/mol. The van der Waals surface area contributed by atoms with Crippen LogP contribution in [0, 0.1) is 0 Å². The summed E-state index contributed by atoms with van der Waals surface area (Å²) in [6.07, 6.45) is 2.92. The molecular formula is C6H14N2. The van der Waals surface area contributed by atoms with Gasteiger partial charge in [0.2, 0.25) is 0 Å². The fraction of sp³-hybridized carbons (Fsp3) is 0.833. The predicted molar refractivity (Wildman–Crippen MR) is 37.1 cm³/mol. The molecule has 0 unspecified atom stereocenters. The van der Waals surface area contributed by atoms with Crippen LogP contribution in [0.5, 0.6) is 0 Å². The Balaban J connectivity index is 3.21. The SMILES string of the molecule is CC/C=N\N(C)CC. The number of hydrogen-bond acceptors (Lipinski definition) is 2. The third-order valence-electron chi connectivity index (χ3n) is 0.919. The van der Waals surface area contributed by atoms with E-state index in [2.05, 4.69) is 18.9 Å². The minimum atomic E-state index is 0.983. The van der Waals surface area contributed by atoms with E-state index < -0.39 is 0 Å². The van der Waals surface area contributed by atoms with E-state index in [1.54, 1.807) is 0 Å². The van der Waals surface area contributed by atoms with Crippen molar-refractivity contribution in [2.45, 2.75) is 20.3 Å². The number of hydrazone groups is 1. The van der Waals surface area contributed by atoms with Gasteiger partial charge >= 0.3 is 0 Å². The van der Waals surface area contributed by atoms with Crippen LogP contribution in [-0.2, 0) is 0 Å². The summed E-state index contributed by atoms with van der Waals surface area (Å²) in [5.74, 6) is 0. The van der Waals surface area contributed by atoms with Crippen molar-refractivity contribution in [3.05, 3.63) is 0 Å². The molecule has 0 rings (SSSR count). The molecule has 2 nitrogen and oxygen atoms in total. The van der Waals surface area contributed by atoms with Crippen LogP contribution in [-0.4, -0.2) is 24.8 Å². The predicted octanol–water partition coefficient (Wildman–Crippen LogP) is 1.33. The molecule has 0 radical (unpaired) electrons. The first-order valence-electron chi connectivity index (χ1n) is 3.04. The summed E-state index contributed by atoms with van der Waals surface area (Å²) in [6.45, 7) is 5.14. The summed E-state index contributed by atoms with van der Waals surface area (Å²) in [7, 11) is 1.96. The van der Waals surface area contributed by atoms with Crippen molar-refractivity contribution in [3.63, 3.8) is 0 Å². The van der Waals surface area contributed by atoms with Crippen molar-refractivity contribution >= 4 is 6.21 Å². The molecule has 0 heterocycles. The van der Waals surface area contributed by atoms with Crippen LogP contribution < -0.4 is 0 Å². The maximum atomic E-state index is 4.07. The molecule has 0 atom stereocenters. The summed E-state index contributed by atoms with van der Waals surface area (Å²) >= 11 is 0. The highest BCUT2D eigenvalue weighted by Gasteiger charge is 1.79. The molecule has 0 aromatic rings. The topological polar surface area (TPSA) is 15.6 Å². The monoisotopic (exact) mass is 114 g/mol. The minimum absolute atomic E-state index is 0.983. The van der Waals surface area contributed by atoms with E-state index >= 15 is 0 Å². The molecule has 8 heavy (non-hydrogen) atoms. The van der Waals surface area contributed by atoms with E-state index in [9.17, 15) is 0 Å². The van der Waals surface area contributed by atoms with E-state index in [4.69, 9.17) is 0 Å². The van der Waals surface area contributed by atoms with Gasteiger partial charge in [0.25, 0.3) is 0 Å². The van der Waals surface area contributed by atoms with Crippen LogP contribution in [0.25, 0.3) is 0 Å². The lowest BCUT2D eigenvalue weighted by Gasteiger charge is -2.06. The Morgan fingerprint density at radius 3 is 2.50 bits per heavy atom. The third kappa shape index (κ3) is 3.65.